The standard InChI is InChI=1S/C48H34N2/c1-4-10-34(11-5-1)36-16-20-38(21-17-36)40-24-30-47-45(32-40)46-33-41(39-22-18-37(19-23-39)35-12-6-2-7-13-35)25-31-48(46)50(47)44-28-26-43(27-29-44)49-42-14-8-3-9-15-42/h1-33,49H. The number of fused-ring (bicyclic) bond motifs is 3. The van der Waals surface area contributed by atoms with Gasteiger partial charge in [-0.15, -0.1) is 0 Å². The summed E-state index contributed by atoms with van der Waals surface area (Å²) in [7, 11) is 0. The van der Waals surface area contributed by atoms with Gasteiger partial charge in [0.25, 0.3) is 0 Å². The Labute approximate surface area is 292 Å². The lowest BCUT2D eigenvalue weighted by molar-refractivity contribution is 1.18. The molecule has 0 aliphatic heterocycles. The summed E-state index contributed by atoms with van der Waals surface area (Å²) in [5, 5.41) is 5.99. The molecule has 0 atom stereocenters. The van der Waals surface area contributed by atoms with Crippen LogP contribution in [0.4, 0.5) is 11.4 Å². The Morgan fingerprint density at radius 2 is 0.620 bits per heavy atom. The summed E-state index contributed by atoms with van der Waals surface area (Å²) in [5.41, 5.74) is 15.4. The number of anilines is 2. The molecular weight excluding hydrogens is 605 g/mol. The van der Waals surface area contributed by atoms with Gasteiger partial charge < -0.3 is 9.88 Å². The second-order valence-corrected chi connectivity index (χ2v) is 12.7. The molecule has 0 aliphatic rings. The first-order valence-electron chi connectivity index (χ1n) is 17.1. The lowest BCUT2D eigenvalue weighted by Gasteiger charge is -2.11. The Morgan fingerprint density at radius 1 is 0.280 bits per heavy atom. The predicted octanol–water partition coefficient (Wildman–Crippen LogP) is 13.2. The summed E-state index contributed by atoms with van der Waals surface area (Å²) in [4.78, 5) is 0. The zero-order valence-corrected chi connectivity index (χ0v) is 27.5. The minimum absolute atomic E-state index is 1.06. The van der Waals surface area contributed by atoms with E-state index in [4.69, 9.17) is 0 Å². The maximum atomic E-state index is 3.52. The fourth-order valence-corrected chi connectivity index (χ4v) is 7.01. The summed E-state index contributed by atoms with van der Waals surface area (Å²) in [5.74, 6) is 0. The van der Waals surface area contributed by atoms with E-state index in [2.05, 4.69) is 192 Å². The molecule has 0 saturated heterocycles. The van der Waals surface area contributed by atoms with Crippen molar-refractivity contribution in [2.75, 3.05) is 5.32 Å². The summed E-state index contributed by atoms with van der Waals surface area (Å²) in [6, 6.07) is 71.8. The molecule has 0 bridgehead atoms. The van der Waals surface area contributed by atoms with Crippen LogP contribution in [0.25, 0.3) is 72.0 Å². The van der Waals surface area contributed by atoms with Gasteiger partial charge in [0.15, 0.2) is 0 Å². The van der Waals surface area contributed by atoms with E-state index in [0.29, 0.717) is 0 Å². The zero-order chi connectivity index (χ0) is 33.3. The van der Waals surface area contributed by atoms with Gasteiger partial charge in [0, 0.05) is 27.8 Å². The van der Waals surface area contributed by atoms with E-state index in [0.717, 1.165) is 17.1 Å². The molecule has 8 aromatic carbocycles. The van der Waals surface area contributed by atoms with Gasteiger partial charge in [0.2, 0.25) is 0 Å². The Hall–Kier alpha value is -6.64. The average Bonchev–Trinajstić information content (AvgIpc) is 3.52. The number of para-hydroxylation sites is 1. The van der Waals surface area contributed by atoms with Crippen molar-refractivity contribution in [3.05, 3.63) is 200 Å². The molecule has 0 spiro atoms. The molecule has 9 rings (SSSR count). The SMILES string of the molecule is c1ccc(Nc2ccc(-n3c4ccc(-c5ccc(-c6ccccc6)cc5)cc4c4cc(-c5ccc(-c6ccccc6)cc5)ccc43)cc2)cc1. The number of rotatable bonds is 7. The molecule has 9 aromatic rings. The molecule has 0 radical (unpaired) electrons. The van der Waals surface area contributed by atoms with E-state index in [1.54, 1.807) is 0 Å². The molecule has 0 amide bonds. The van der Waals surface area contributed by atoms with Crippen LogP contribution in [-0.2, 0) is 0 Å². The van der Waals surface area contributed by atoms with Crippen LogP contribution in [0.5, 0.6) is 0 Å². The van der Waals surface area contributed by atoms with Crippen LogP contribution >= 0.6 is 0 Å². The van der Waals surface area contributed by atoms with Gasteiger partial charge in [-0.1, -0.05) is 140 Å². The number of nitrogens with zero attached hydrogens (tertiary/aromatic N) is 1. The molecule has 50 heavy (non-hydrogen) atoms. The van der Waals surface area contributed by atoms with Crippen molar-refractivity contribution in [3.8, 4) is 50.2 Å². The van der Waals surface area contributed by atoms with Crippen LogP contribution in [0.1, 0.15) is 0 Å². The molecule has 0 unspecified atom stereocenters. The third-order valence-electron chi connectivity index (χ3n) is 9.60. The van der Waals surface area contributed by atoms with Crippen molar-refractivity contribution in [2.24, 2.45) is 0 Å². The monoisotopic (exact) mass is 638 g/mol. The molecule has 0 aliphatic carbocycles. The fourth-order valence-electron chi connectivity index (χ4n) is 7.01. The smallest absolute Gasteiger partial charge is 0.0541 e. The highest BCUT2D eigenvalue weighted by Gasteiger charge is 2.15. The second kappa shape index (κ2) is 12.8. The first-order chi connectivity index (χ1) is 24.8. The normalized spacial score (nSPS) is 11.2. The fraction of sp³-hybridized carbons (Fsp3) is 0. The minimum atomic E-state index is 1.06. The predicted molar refractivity (Wildman–Crippen MR) is 212 cm³/mol. The lowest BCUT2D eigenvalue weighted by Crippen LogP contribution is -1.95. The quantitative estimate of drug-likeness (QED) is 0.184. The number of hydrogen-bond acceptors (Lipinski definition) is 1. The molecule has 1 heterocycles. The summed E-state index contributed by atoms with van der Waals surface area (Å²) < 4.78 is 2.39. The van der Waals surface area contributed by atoms with Gasteiger partial charge in [0.05, 0.1) is 11.0 Å². The van der Waals surface area contributed by atoms with Gasteiger partial charge in [0.1, 0.15) is 0 Å². The third kappa shape index (κ3) is 5.63. The molecule has 1 aromatic heterocycles. The molecule has 2 heteroatoms. The first kappa shape index (κ1) is 29.5. The van der Waals surface area contributed by atoms with Gasteiger partial charge in [-0.25, -0.2) is 0 Å². The zero-order valence-electron chi connectivity index (χ0n) is 27.5. The van der Waals surface area contributed by atoms with Crippen LogP contribution in [-0.4, -0.2) is 4.57 Å². The van der Waals surface area contributed by atoms with E-state index < -0.39 is 0 Å². The Kier molecular flexibility index (Phi) is 7.53. The minimum Gasteiger partial charge on any atom is -0.356 e. The van der Waals surface area contributed by atoms with Crippen molar-refractivity contribution < 1.29 is 0 Å². The van der Waals surface area contributed by atoms with Crippen molar-refractivity contribution >= 4 is 33.2 Å². The van der Waals surface area contributed by atoms with E-state index in [9.17, 15) is 0 Å². The lowest BCUT2D eigenvalue weighted by atomic mass is 9.97. The Bertz CT molecular complexity index is 2410. The summed E-state index contributed by atoms with van der Waals surface area (Å²) in [6.45, 7) is 0. The van der Waals surface area contributed by atoms with Gasteiger partial charge in [-0.3, -0.25) is 0 Å². The number of nitrogens with one attached hydrogen (secondary N) is 1. The number of aromatic nitrogens is 1. The summed E-state index contributed by atoms with van der Waals surface area (Å²) >= 11 is 0. The molecule has 2 nitrogen and oxygen atoms in total. The van der Waals surface area contributed by atoms with Crippen LogP contribution in [0.2, 0.25) is 0 Å². The van der Waals surface area contributed by atoms with Gasteiger partial charge in [-0.2, -0.15) is 0 Å². The molecule has 236 valence electrons. The van der Waals surface area contributed by atoms with E-state index in [1.807, 2.05) is 18.2 Å². The summed E-state index contributed by atoms with van der Waals surface area (Å²) in [6.07, 6.45) is 0. The van der Waals surface area contributed by atoms with Crippen LogP contribution in [0, 0.1) is 0 Å². The number of hydrogen-bond donors (Lipinski definition) is 1. The topological polar surface area (TPSA) is 17.0 Å². The maximum Gasteiger partial charge on any atom is 0.0541 e. The first-order valence-corrected chi connectivity index (χ1v) is 17.1. The average molecular weight is 639 g/mol. The van der Waals surface area contributed by atoms with Gasteiger partial charge >= 0.3 is 0 Å². The van der Waals surface area contributed by atoms with Crippen LogP contribution in [0.3, 0.4) is 0 Å². The largest absolute Gasteiger partial charge is 0.356 e. The molecular formula is C48H34N2. The van der Waals surface area contributed by atoms with E-state index >= 15 is 0 Å². The van der Waals surface area contributed by atoms with E-state index in [-0.39, 0.29) is 0 Å². The third-order valence-corrected chi connectivity index (χ3v) is 9.60. The van der Waals surface area contributed by atoms with Crippen molar-refractivity contribution in [1.29, 1.82) is 0 Å². The van der Waals surface area contributed by atoms with Crippen LogP contribution in [0.15, 0.2) is 200 Å². The Balaban J connectivity index is 1.14. The molecule has 0 saturated carbocycles. The highest BCUT2D eigenvalue weighted by Crippen LogP contribution is 2.38. The Morgan fingerprint density at radius 3 is 1.06 bits per heavy atom. The van der Waals surface area contributed by atoms with E-state index in [1.165, 1.54) is 66.3 Å². The molecule has 0 fully saturated rings. The highest BCUT2D eigenvalue weighted by atomic mass is 15.0. The highest BCUT2D eigenvalue weighted by molar-refractivity contribution is 6.11. The second-order valence-electron chi connectivity index (χ2n) is 12.7. The maximum absolute atomic E-state index is 3.52. The van der Waals surface area contributed by atoms with Crippen molar-refractivity contribution in [3.63, 3.8) is 0 Å². The van der Waals surface area contributed by atoms with Crippen molar-refractivity contribution in [1.82, 2.24) is 4.57 Å². The molecule has 1 N–H and O–H groups in total. The van der Waals surface area contributed by atoms with Crippen molar-refractivity contribution in [2.45, 2.75) is 0 Å². The van der Waals surface area contributed by atoms with Crippen LogP contribution < -0.4 is 5.32 Å². The number of benzene rings is 8. The van der Waals surface area contributed by atoms with Gasteiger partial charge in [-0.05, 0) is 105 Å².